The minimum Gasteiger partial charge on any atom is -0.399 e. The molecule has 1 aliphatic rings. The maximum atomic E-state index is 6.08. The van der Waals surface area contributed by atoms with Gasteiger partial charge in [0.1, 0.15) is 5.01 Å². The number of aromatic nitrogens is 1. The van der Waals surface area contributed by atoms with Crippen molar-refractivity contribution < 1.29 is 9.31 Å². The molecule has 0 spiro atoms. The molecule has 116 valence electrons. The fourth-order valence-electron chi connectivity index (χ4n) is 2.37. The third-order valence-electron chi connectivity index (χ3n) is 4.62. The Morgan fingerprint density at radius 3 is 2.18 bits per heavy atom. The van der Waals surface area contributed by atoms with Crippen LogP contribution in [0.5, 0.6) is 0 Å². The summed E-state index contributed by atoms with van der Waals surface area (Å²) in [6.45, 7) is 10.4. The van der Waals surface area contributed by atoms with Gasteiger partial charge in [-0.3, -0.25) is 0 Å². The number of aryl methyl sites for hydroxylation is 1. The molecule has 0 radical (unpaired) electrons. The Hall–Kier alpha value is -1.17. The zero-order valence-corrected chi connectivity index (χ0v) is 14.7. The molecule has 0 aliphatic carbocycles. The molecule has 2 aromatic rings. The second-order valence-electron chi connectivity index (χ2n) is 6.71. The molecular formula is C17H22BNO2S. The Morgan fingerprint density at radius 1 is 1.05 bits per heavy atom. The first kappa shape index (κ1) is 15.7. The summed E-state index contributed by atoms with van der Waals surface area (Å²) in [6, 6.07) is 8.58. The summed E-state index contributed by atoms with van der Waals surface area (Å²) in [6.07, 6.45) is 2.92. The summed E-state index contributed by atoms with van der Waals surface area (Å²) < 4.78 is 13.2. The Balaban J connectivity index is 1.82. The molecule has 0 N–H and O–H groups in total. The number of hydrogen-bond donors (Lipinski definition) is 0. The summed E-state index contributed by atoms with van der Waals surface area (Å²) >= 11 is 1.64. The molecular weight excluding hydrogens is 293 g/mol. The quantitative estimate of drug-likeness (QED) is 0.810. The largest absolute Gasteiger partial charge is 0.507 e. The second kappa shape index (κ2) is 5.48. The van der Waals surface area contributed by atoms with Crippen molar-refractivity contribution in [2.45, 2.75) is 52.2 Å². The zero-order chi connectivity index (χ0) is 16.0. The fraction of sp³-hybridized carbons (Fsp3) is 0.471. The van der Waals surface area contributed by atoms with Gasteiger partial charge in [-0.2, -0.15) is 0 Å². The number of thiazole rings is 1. The average Bonchev–Trinajstić information content (AvgIpc) is 3.03. The molecule has 0 bridgehead atoms. The van der Waals surface area contributed by atoms with E-state index in [1.807, 2.05) is 6.20 Å². The summed E-state index contributed by atoms with van der Waals surface area (Å²) in [5.41, 5.74) is 1.85. The van der Waals surface area contributed by atoms with Crippen molar-refractivity contribution in [1.29, 1.82) is 0 Å². The number of benzene rings is 1. The number of nitrogens with zero attached hydrogens (tertiary/aromatic N) is 1. The lowest BCUT2D eigenvalue weighted by atomic mass is 9.89. The molecule has 5 heteroatoms. The fourth-order valence-corrected chi connectivity index (χ4v) is 3.25. The van der Waals surface area contributed by atoms with Crippen LogP contribution in [0.1, 0.15) is 40.2 Å². The van der Waals surface area contributed by atoms with Gasteiger partial charge in [-0.25, -0.2) is 4.98 Å². The lowest BCUT2D eigenvalue weighted by Crippen LogP contribution is -2.41. The molecule has 3 rings (SSSR count). The molecule has 1 saturated heterocycles. The van der Waals surface area contributed by atoms with Crippen LogP contribution in [0.15, 0.2) is 30.5 Å². The van der Waals surface area contributed by atoms with Crippen molar-refractivity contribution in [3.05, 3.63) is 36.0 Å². The van der Waals surface area contributed by atoms with Crippen molar-refractivity contribution in [2.24, 2.45) is 0 Å². The van der Waals surface area contributed by atoms with Crippen molar-refractivity contribution >= 4 is 23.2 Å². The van der Waals surface area contributed by atoms with Crippen molar-refractivity contribution in [3.8, 4) is 10.6 Å². The molecule has 0 atom stereocenters. The number of hydrogen-bond acceptors (Lipinski definition) is 4. The maximum absolute atomic E-state index is 6.08. The van der Waals surface area contributed by atoms with E-state index < -0.39 is 0 Å². The highest BCUT2D eigenvalue weighted by Gasteiger charge is 2.52. The van der Waals surface area contributed by atoms with E-state index in [2.05, 4.69) is 63.9 Å². The van der Waals surface area contributed by atoms with Crippen molar-refractivity contribution in [2.75, 3.05) is 0 Å². The zero-order valence-electron chi connectivity index (χ0n) is 13.8. The standard InChI is InChI=1S/C17H22BNO2S/c1-6-12-7-9-13(10-8-12)15-19-11-14(22-15)18-20-16(2,3)17(4,5)21-18/h7-11H,6H2,1-5H3. The van der Waals surface area contributed by atoms with E-state index in [-0.39, 0.29) is 18.3 Å². The normalized spacial score (nSPS) is 19.6. The number of rotatable bonds is 3. The van der Waals surface area contributed by atoms with E-state index in [1.54, 1.807) is 11.3 Å². The Morgan fingerprint density at radius 2 is 1.64 bits per heavy atom. The first-order valence-corrected chi connectivity index (χ1v) is 8.55. The van der Waals surface area contributed by atoms with Crippen LogP contribution in [-0.4, -0.2) is 23.3 Å². The highest BCUT2D eigenvalue weighted by Crippen LogP contribution is 2.37. The van der Waals surface area contributed by atoms with Gasteiger partial charge in [0.25, 0.3) is 0 Å². The third kappa shape index (κ3) is 2.73. The topological polar surface area (TPSA) is 31.4 Å². The third-order valence-corrected chi connectivity index (χ3v) is 5.69. The van der Waals surface area contributed by atoms with Crippen LogP contribution in [0.25, 0.3) is 10.6 Å². The Kier molecular flexibility index (Phi) is 3.92. The van der Waals surface area contributed by atoms with E-state index >= 15 is 0 Å². The SMILES string of the molecule is CCc1ccc(-c2ncc(B3OC(C)(C)C(C)(C)O3)s2)cc1. The minimum atomic E-state index is -0.328. The molecule has 0 amide bonds. The van der Waals surface area contributed by atoms with Gasteiger partial charge in [0, 0.05) is 11.8 Å². The van der Waals surface area contributed by atoms with Gasteiger partial charge in [0.05, 0.1) is 16.0 Å². The highest BCUT2D eigenvalue weighted by molar-refractivity contribution is 7.24. The van der Waals surface area contributed by atoms with Gasteiger partial charge in [0.2, 0.25) is 0 Å². The molecule has 22 heavy (non-hydrogen) atoms. The predicted octanol–water partition coefficient (Wildman–Crippen LogP) is 3.67. The molecule has 3 nitrogen and oxygen atoms in total. The molecule has 1 fully saturated rings. The van der Waals surface area contributed by atoms with Gasteiger partial charge < -0.3 is 9.31 Å². The van der Waals surface area contributed by atoms with Crippen LogP contribution in [-0.2, 0) is 15.7 Å². The Bertz CT molecular complexity index is 648. The summed E-state index contributed by atoms with van der Waals surface area (Å²) in [5.74, 6) is 0. The van der Waals surface area contributed by atoms with E-state index in [4.69, 9.17) is 9.31 Å². The van der Waals surface area contributed by atoms with Crippen LogP contribution in [0.4, 0.5) is 0 Å². The van der Waals surface area contributed by atoms with Gasteiger partial charge in [-0.1, -0.05) is 31.2 Å². The minimum absolute atomic E-state index is 0.315. The second-order valence-corrected chi connectivity index (χ2v) is 7.77. The van der Waals surface area contributed by atoms with Gasteiger partial charge in [-0.05, 0) is 39.7 Å². The molecule has 1 aromatic carbocycles. The lowest BCUT2D eigenvalue weighted by molar-refractivity contribution is 0.00578. The van der Waals surface area contributed by atoms with Crippen molar-refractivity contribution in [1.82, 2.24) is 4.98 Å². The van der Waals surface area contributed by atoms with Crippen LogP contribution < -0.4 is 4.78 Å². The smallest absolute Gasteiger partial charge is 0.399 e. The summed E-state index contributed by atoms with van der Waals surface area (Å²) in [4.78, 5) is 4.54. The van der Waals surface area contributed by atoms with E-state index in [9.17, 15) is 0 Å². The van der Waals surface area contributed by atoms with Gasteiger partial charge in [-0.15, -0.1) is 11.3 Å². The van der Waals surface area contributed by atoms with Gasteiger partial charge in [0.15, 0.2) is 0 Å². The first-order valence-electron chi connectivity index (χ1n) is 7.73. The maximum Gasteiger partial charge on any atom is 0.507 e. The average molecular weight is 315 g/mol. The summed E-state index contributed by atoms with van der Waals surface area (Å²) in [7, 11) is -0.328. The molecule has 1 aliphatic heterocycles. The molecule has 2 heterocycles. The van der Waals surface area contributed by atoms with Crippen LogP contribution in [0.3, 0.4) is 0 Å². The van der Waals surface area contributed by atoms with Gasteiger partial charge >= 0.3 is 7.12 Å². The van der Waals surface area contributed by atoms with E-state index in [1.165, 1.54) is 5.56 Å². The van der Waals surface area contributed by atoms with E-state index in [0.29, 0.717) is 0 Å². The summed E-state index contributed by atoms with van der Waals surface area (Å²) in [5, 5.41) is 1.01. The Labute approximate surface area is 136 Å². The predicted molar refractivity (Wildman–Crippen MR) is 92.6 cm³/mol. The van der Waals surface area contributed by atoms with Crippen LogP contribution in [0, 0.1) is 0 Å². The lowest BCUT2D eigenvalue weighted by Gasteiger charge is -2.32. The van der Waals surface area contributed by atoms with Crippen molar-refractivity contribution in [3.63, 3.8) is 0 Å². The first-order chi connectivity index (χ1) is 10.3. The van der Waals surface area contributed by atoms with Crippen LogP contribution >= 0.6 is 11.3 Å². The molecule has 0 unspecified atom stereocenters. The molecule has 1 aromatic heterocycles. The van der Waals surface area contributed by atoms with E-state index in [0.717, 1.165) is 21.8 Å². The monoisotopic (exact) mass is 315 g/mol. The molecule has 0 saturated carbocycles. The highest BCUT2D eigenvalue weighted by atomic mass is 32.1. The van der Waals surface area contributed by atoms with Crippen LogP contribution in [0.2, 0.25) is 0 Å².